The molecule has 0 bridgehead atoms. The van der Waals surface area contributed by atoms with E-state index in [9.17, 15) is 14.3 Å². The van der Waals surface area contributed by atoms with Crippen LogP contribution in [0.3, 0.4) is 0 Å². The van der Waals surface area contributed by atoms with E-state index in [0.717, 1.165) is 5.56 Å². The van der Waals surface area contributed by atoms with Crippen molar-refractivity contribution in [3.8, 4) is 0 Å². The molecule has 0 heterocycles. The largest absolute Gasteiger partial charge is 0.388 e. The molecule has 1 amide bonds. The summed E-state index contributed by atoms with van der Waals surface area (Å²) in [6.07, 6.45) is -0.169. The van der Waals surface area contributed by atoms with Crippen molar-refractivity contribution in [3.63, 3.8) is 0 Å². The second-order valence-electron chi connectivity index (χ2n) is 5.28. The zero-order valence-electron chi connectivity index (χ0n) is 12.5. The second kappa shape index (κ2) is 7.71. The van der Waals surface area contributed by atoms with Crippen LogP contribution >= 0.6 is 0 Å². The average molecular weight is 301 g/mol. The number of hydrogen-bond donors (Lipinski definition) is 2. The van der Waals surface area contributed by atoms with Crippen molar-refractivity contribution < 1.29 is 14.3 Å². The van der Waals surface area contributed by atoms with E-state index in [1.165, 1.54) is 12.1 Å². The van der Waals surface area contributed by atoms with Crippen molar-refractivity contribution >= 4 is 5.91 Å². The lowest BCUT2D eigenvalue weighted by atomic mass is 10.00. The van der Waals surface area contributed by atoms with Crippen LogP contribution in [0, 0.1) is 5.82 Å². The molecule has 0 aliphatic rings. The highest BCUT2D eigenvalue weighted by molar-refractivity contribution is 5.83. The van der Waals surface area contributed by atoms with E-state index in [1.807, 2.05) is 30.3 Å². The van der Waals surface area contributed by atoms with Gasteiger partial charge in [0.2, 0.25) is 5.91 Å². The van der Waals surface area contributed by atoms with E-state index in [-0.39, 0.29) is 11.7 Å². The van der Waals surface area contributed by atoms with Gasteiger partial charge in [0.1, 0.15) is 5.82 Å². The van der Waals surface area contributed by atoms with Crippen LogP contribution in [0.15, 0.2) is 54.6 Å². The van der Waals surface area contributed by atoms with Gasteiger partial charge in [0.15, 0.2) is 0 Å². The number of rotatable bonds is 6. The van der Waals surface area contributed by atoms with Crippen LogP contribution in [-0.2, 0) is 4.79 Å². The summed E-state index contributed by atoms with van der Waals surface area (Å²) in [5.41, 5.74) is 1.47. The summed E-state index contributed by atoms with van der Waals surface area (Å²) in [5.74, 6) is -0.952. The molecular weight excluding hydrogens is 281 g/mol. The molecule has 0 saturated carbocycles. The third-order valence-corrected chi connectivity index (χ3v) is 3.64. The SMILES string of the molecule is CC(C(=O)NCCC(O)c1ccccc1)c1cccc(F)c1. The third-order valence-electron chi connectivity index (χ3n) is 3.64. The van der Waals surface area contributed by atoms with Crippen molar-refractivity contribution in [2.45, 2.75) is 25.4 Å². The van der Waals surface area contributed by atoms with E-state index < -0.39 is 12.0 Å². The lowest BCUT2D eigenvalue weighted by molar-refractivity contribution is -0.122. The Morgan fingerprint density at radius 1 is 1.14 bits per heavy atom. The van der Waals surface area contributed by atoms with Gasteiger partial charge in [-0.25, -0.2) is 4.39 Å². The van der Waals surface area contributed by atoms with Gasteiger partial charge in [0.25, 0.3) is 0 Å². The van der Waals surface area contributed by atoms with Crippen LogP contribution in [-0.4, -0.2) is 17.6 Å². The molecule has 3 nitrogen and oxygen atoms in total. The van der Waals surface area contributed by atoms with E-state index in [4.69, 9.17) is 0 Å². The maximum atomic E-state index is 13.2. The van der Waals surface area contributed by atoms with Crippen LogP contribution in [0.4, 0.5) is 4.39 Å². The fourth-order valence-corrected chi connectivity index (χ4v) is 2.25. The summed E-state index contributed by atoms with van der Waals surface area (Å²) >= 11 is 0. The molecule has 0 aliphatic heterocycles. The minimum atomic E-state index is -0.606. The van der Waals surface area contributed by atoms with Crippen molar-refractivity contribution in [1.29, 1.82) is 0 Å². The Kier molecular flexibility index (Phi) is 5.67. The Morgan fingerprint density at radius 3 is 2.50 bits per heavy atom. The molecule has 2 aromatic carbocycles. The standard InChI is InChI=1S/C18H20FNO2/c1-13(15-8-5-9-16(19)12-15)18(22)20-11-10-17(21)14-6-3-2-4-7-14/h2-9,12-13,17,21H,10-11H2,1H3,(H,20,22). The molecule has 2 rings (SSSR count). The van der Waals surface area contributed by atoms with Crippen molar-refractivity contribution in [1.82, 2.24) is 5.32 Å². The molecule has 0 aliphatic carbocycles. The quantitative estimate of drug-likeness (QED) is 0.861. The van der Waals surface area contributed by atoms with Crippen molar-refractivity contribution in [2.24, 2.45) is 0 Å². The average Bonchev–Trinajstić information content (AvgIpc) is 2.54. The van der Waals surface area contributed by atoms with Crippen LogP contribution in [0.2, 0.25) is 0 Å². The Hall–Kier alpha value is -2.20. The molecule has 2 aromatic rings. The van der Waals surface area contributed by atoms with E-state index in [2.05, 4.69) is 5.32 Å². The zero-order valence-corrected chi connectivity index (χ0v) is 12.5. The van der Waals surface area contributed by atoms with E-state index >= 15 is 0 Å². The monoisotopic (exact) mass is 301 g/mol. The molecule has 4 heteroatoms. The number of halogens is 1. The molecule has 22 heavy (non-hydrogen) atoms. The van der Waals surface area contributed by atoms with Gasteiger partial charge in [-0.15, -0.1) is 0 Å². The van der Waals surface area contributed by atoms with Gasteiger partial charge >= 0.3 is 0 Å². The van der Waals surface area contributed by atoms with Crippen LogP contribution in [0.5, 0.6) is 0 Å². The summed E-state index contributed by atoms with van der Waals surface area (Å²) in [7, 11) is 0. The topological polar surface area (TPSA) is 49.3 Å². The fraction of sp³-hybridized carbons (Fsp3) is 0.278. The van der Waals surface area contributed by atoms with Crippen molar-refractivity contribution in [2.75, 3.05) is 6.54 Å². The van der Waals surface area contributed by atoms with Gasteiger partial charge in [-0.3, -0.25) is 4.79 Å². The number of benzene rings is 2. The molecule has 2 atom stereocenters. The Labute approximate surface area is 129 Å². The summed E-state index contributed by atoms with van der Waals surface area (Å²) in [6, 6.07) is 15.3. The molecule has 116 valence electrons. The first kappa shape index (κ1) is 16.2. The lowest BCUT2D eigenvalue weighted by Crippen LogP contribution is -2.29. The number of carbonyl (C=O) groups excluding carboxylic acids is 1. The highest BCUT2D eigenvalue weighted by atomic mass is 19.1. The minimum Gasteiger partial charge on any atom is -0.388 e. The summed E-state index contributed by atoms with van der Waals surface area (Å²) in [6.45, 7) is 2.10. The van der Waals surface area contributed by atoms with Crippen LogP contribution < -0.4 is 5.32 Å². The third kappa shape index (κ3) is 4.40. The second-order valence-corrected chi connectivity index (χ2v) is 5.28. The summed E-state index contributed by atoms with van der Waals surface area (Å²) < 4.78 is 13.2. The lowest BCUT2D eigenvalue weighted by Gasteiger charge is -2.15. The normalized spacial score (nSPS) is 13.4. The first-order valence-corrected chi connectivity index (χ1v) is 7.34. The predicted molar refractivity (Wildman–Crippen MR) is 83.8 cm³/mol. The fourth-order valence-electron chi connectivity index (χ4n) is 2.25. The smallest absolute Gasteiger partial charge is 0.227 e. The van der Waals surface area contributed by atoms with Gasteiger partial charge < -0.3 is 10.4 Å². The number of carbonyl (C=O) groups is 1. The van der Waals surface area contributed by atoms with E-state index in [1.54, 1.807) is 19.1 Å². The highest BCUT2D eigenvalue weighted by Crippen LogP contribution is 2.17. The zero-order chi connectivity index (χ0) is 15.9. The molecular formula is C18H20FNO2. The van der Waals surface area contributed by atoms with Crippen LogP contribution in [0.1, 0.15) is 36.5 Å². The van der Waals surface area contributed by atoms with Crippen LogP contribution in [0.25, 0.3) is 0 Å². The molecule has 0 spiro atoms. The first-order valence-electron chi connectivity index (χ1n) is 7.34. The maximum absolute atomic E-state index is 13.2. The predicted octanol–water partition coefficient (Wildman–Crippen LogP) is 3.17. The summed E-state index contributed by atoms with van der Waals surface area (Å²) in [5, 5.41) is 12.8. The van der Waals surface area contributed by atoms with Gasteiger partial charge in [0.05, 0.1) is 12.0 Å². The number of aliphatic hydroxyl groups excluding tert-OH is 1. The Balaban J connectivity index is 1.83. The van der Waals surface area contributed by atoms with Gasteiger partial charge in [-0.1, -0.05) is 42.5 Å². The van der Waals surface area contributed by atoms with Crippen molar-refractivity contribution in [3.05, 3.63) is 71.5 Å². The molecule has 2 unspecified atom stereocenters. The Morgan fingerprint density at radius 2 is 1.82 bits per heavy atom. The van der Waals surface area contributed by atoms with Gasteiger partial charge in [-0.05, 0) is 36.6 Å². The molecule has 0 aromatic heterocycles. The van der Waals surface area contributed by atoms with E-state index in [0.29, 0.717) is 18.5 Å². The number of nitrogens with one attached hydrogen (secondary N) is 1. The first-order chi connectivity index (χ1) is 10.6. The molecule has 0 radical (unpaired) electrons. The van der Waals surface area contributed by atoms with Gasteiger partial charge in [-0.2, -0.15) is 0 Å². The summed E-state index contributed by atoms with van der Waals surface area (Å²) in [4.78, 5) is 12.1. The molecule has 0 fully saturated rings. The van der Waals surface area contributed by atoms with Gasteiger partial charge in [0, 0.05) is 6.54 Å². The number of aliphatic hydroxyl groups is 1. The number of amides is 1. The number of hydrogen-bond acceptors (Lipinski definition) is 2. The Bertz CT molecular complexity index is 615. The molecule has 2 N–H and O–H groups in total. The maximum Gasteiger partial charge on any atom is 0.227 e. The minimum absolute atomic E-state index is 0.175. The molecule has 0 saturated heterocycles. The highest BCUT2D eigenvalue weighted by Gasteiger charge is 2.16.